The van der Waals surface area contributed by atoms with Crippen LogP contribution < -0.4 is 0 Å². The second kappa shape index (κ2) is 6.43. The maximum absolute atomic E-state index is 13.1. The van der Waals surface area contributed by atoms with Gasteiger partial charge in [-0.2, -0.15) is 0 Å². The molecular formula is C21H23FN2O2S. The highest BCUT2D eigenvalue weighted by Gasteiger charge is 2.54. The van der Waals surface area contributed by atoms with E-state index in [1.807, 2.05) is 6.92 Å². The highest BCUT2D eigenvalue weighted by Crippen LogP contribution is 2.60. The van der Waals surface area contributed by atoms with Gasteiger partial charge in [-0.1, -0.05) is 11.8 Å². The van der Waals surface area contributed by atoms with Crippen molar-refractivity contribution >= 4 is 17.5 Å². The molecule has 4 fully saturated rings. The van der Waals surface area contributed by atoms with Gasteiger partial charge in [0.05, 0.1) is 5.25 Å². The number of hydrogen-bond acceptors (Lipinski definition) is 5. The zero-order valence-electron chi connectivity index (χ0n) is 15.4. The van der Waals surface area contributed by atoms with E-state index in [0.717, 1.165) is 23.6 Å². The molecule has 2 aromatic rings. The molecule has 1 aromatic heterocycles. The number of aromatic nitrogens is 2. The van der Waals surface area contributed by atoms with Crippen molar-refractivity contribution in [1.82, 2.24) is 10.2 Å². The van der Waals surface area contributed by atoms with Gasteiger partial charge < -0.3 is 4.42 Å². The molecule has 4 bridgehead atoms. The summed E-state index contributed by atoms with van der Waals surface area (Å²) in [6, 6.07) is 5.65. The predicted octanol–water partition coefficient (Wildman–Crippen LogP) is 5.04. The average Bonchev–Trinajstić information content (AvgIpc) is 3.10. The summed E-state index contributed by atoms with van der Waals surface area (Å²) in [5.41, 5.74) is 0.572. The summed E-state index contributed by atoms with van der Waals surface area (Å²) in [6.07, 6.45) is 7.65. The van der Waals surface area contributed by atoms with Crippen LogP contribution in [0.25, 0.3) is 0 Å². The van der Waals surface area contributed by atoms with Crippen LogP contribution in [0.2, 0.25) is 0 Å². The molecule has 6 rings (SSSR count). The molecule has 0 amide bonds. The highest BCUT2D eigenvalue weighted by molar-refractivity contribution is 8.00. The van der Waals surface area contributed by atoms with Gasteiger partial charge in [-0.05, 0) is 87.5 Å². The first-order valence-corrected chi connectivity index (χ1v) is 10.7. The van der Waals surface area contributed by atoms with Gasteiger partial charge in [0.2, 0.25) is 5.89 Å². The zero-order chi connectivity index (χ0) is 18.6. The lowest BCUT2D eigenvalue weighted by Gasteiger charge is -2.55. The number of hydrogen-bond donors (Lipinski definition) is 0. The number of benzene rings is 1. The van der Waals surface area contributed by atoms with Crippen LogP contribution in [0.15, 0.2) is 33.9 Å². The molecule has 0 spiro atoms. The molecule has 1 aromatic carbocycles. The first kappa shape index (κ1) is 17.4. The van der Waals surface area contributed by atoms with E-state index >= 15 is 0 Å². The fourth-order valence-electron chi connectivity index (χ4n) is 5.90. The van der Waals surface area contributed by atoms with Crippen LogP contribution in [0.5, 0.6) is 0 Å². The summed E-state index contributed by atoms with van der Waals surface area (Å²) in [7, 11) is 0. The number of nitrogens with zero attached hydrogens (tertiary/aromatic N) is 2. The molecule has 0 N–H and O–H groups in total. The molecule has 4 nitrogen and oxygen atoms in total. The Morgan fingerprint density at radius 3 is 2.30 bits per heavy atom. The molecule has 4 aliphatic carbocycles. The third-order valence-corrected chi connectivity index (χ3v) is 7.61. The first-order valence-electron chi connectivity index (χ1n) is 9.81. The maximum Gasteiger partial charge on any atom is 0.277 e. The Balaban J connectivity index is 1.31. The minimum absolute atomic E-state index is 0.0606. The van der Waals surface area contributed by atoms with Crippen molar-refractivity contribution in [2.24, 2.45) is 17.8 Å². The molecule has 4 saturated carbocycles. The Kier molecular flexibility index (Phi) is 4.15. The summed E-state index contributed by atoms with van der Waals surface area (Å²) in [4.78, 5) is 12.6. The molecule has 0 saturated heterocycles. The van der Waals surface area contributed by atoms with Gasteiger partial charge in [0.25, 0.3) is 5.22 Å². The molecular weight excluding hydrogens is 363 g/mol. The number of ketones is 1. The monoisotopic (exact) mass is 386 g/mol. The summed E-state index contributed by atoms with van der Waals surface area (Å²) in [6.45, 7) is 1.82. The molecule has 142 valence electrons. The zero-order valence-corrected chi connectivity index (χ0v) is 16.2. The molecule has 6 heteroatoms. The van der Waals surface area contributed by atoms with Crippen molar-refractivity contribution < 1.29 is 13.6 Å². The molecule has 0 radical (unpaired) electrons. The van der Waals surface area contributed by atoms with Crippen LogP contribution in [0.3, 0.4) is 0 Å². The number of carbonyl (C=O) groups excluding carboxylic acids is 1. The van der Waals surface area contributed by atoms with Crippen molar-refractivity contribution in [2.45, 2.75) is 61.3 Å². The van der Waals surface area contributed by atoms with E-state index in [-0.39, 0.29) is 22.3 Å². The van der Waals surface area contributed by atoms with Crippen LogP contribution in [-0.4, -0.2) is 21.2 Å². The highest BCUT2D eigenvalue weighted by atomic mass is 32.2. The van der Waals surface area contributed by atoms with E-state index in [1.165, 1.54) is 74.6 Å². The number of halogens is 1. The van der Waals surface area contributed by atoms with E-state index in [0.29, 0.717) is 10.8 Å². The summed E-state index contributed by atoms with van der Waals surface area (Å²) in [5, 5.41) is 8.74. The lowest BCUT2D eigenvalue weighted by atomic mass is 9.49. The van der Waals surface area contributed by atoms with E-state index < -0.39 is 0 Å². The van der Waals surface area contributed by atoms with Crippen molar-refractivity contribution in [1.29, 1.82) is 0 Å². The molecule has 1 atom stereocenters. The minimum Gasteiger partial charge on any atom is -0.415 e. The predicted molar refractivity (Wildman–Crippen MR) is 100 cm³/mol. The van der Waals surface area contributed by atoms with Crippen molar-refractivity contribution in [2.75, 3.05) is 0 Å². The number of carbonyl (C=O) groups is 1. The number of thioether (sulfide) groups is 1. The Hall–Kier alpha value is -1.69. The number of rotatable bonds is 5. The van der Waals surface area contributed by atoms with Crippen molar-refractivity contribution in [3.05, 3.63) is 41.5 Å². The second-order valence-electron chi connectivity index (χ2n) is 8.70. The fraction of sp³-hybridized carbons (Fsp3) is 0.571. The van der Waals surface area contributed by atoms with E-state index in [4.69, 9.17) is 4.42 Å². The Labute approximate surface area is 162 Å². The van der Waals surface area contributed by atoms with Crippen molar-refractivity contribution in [3.8, 4) is 0 Å². The second-order valence-corrected chi connectivity index (χ2v) is 9.99. The lowest BCUT2D eigenvalue weighted by molar-refractivity contribution is -0.0191. The minimum atomic E-state index is -0.361. The largest absolute Gasteiger partial charge is 0.415 e. The van der Waals surface area contributed by atoms with Crippen LogP contribution in [0.1, 0.15) is 61.7 Å². The third kappa shape index (κ3) is 3.12. The van der Waals surface area contributed by atoms with Crippen LogP contribution in [-0.2, 0) is 5.41 Å². The Morgan fingerprint density at radius 2 is 1.70 bits per heavy atom. The smallest absolute Gasteiger partial charge is 0.277 e. The summed E-state index contributed by atoms with van der Waals surface area (Å²) >= 11 is 1.29. The molecule has 27 heavy (non-hydrogen) atoms. The Morgan fingerprint density at radius 1 is 1.11 bits per heavy atom. The summed E-state index contributed by atoms with van der Waals surface area (Å²) in [5.74, 6) is 2.83. The molecule has 4 aliphatic rings. The average molecular weight is 386 g/mol. The van der Waals surface area contributed by atoms with Gasteiger partial charge in [0.15, 0.2) is 5.78 Å². The van der Waals surface area contributed by atoms with Crippen LogP contribution in [0, 0.1) is 23.6 Å². The van der Waals surface area contributed by atoms with E-state index in [2.05, 4.69) is 10.2 Å². The SMILES string of the molecule is C[C@@H](Sc1nnc(C23CC4CC(CC(C4)C2)C3)o1)C(=O)c1ccc(F)cc1. The molecule has 0 aliphatic heterocycles. The standard InChI is InChI=1S/C21H23FN2O2S/c1-12(18(25)16-2-4-17(22)5-3-16)27-20-24-23-19(26-20)21-9-13-6-14(10-21)8-15(7-13)11-21/h2-5,12-15H,6-11H2,1H3/t12-,13?,14?,15?,21?/m1/s1. The van der Waals surface area contributed by atoms with Gasteiger partial charge in [0, 0.05) is 11.0 Å². The van der Waals surface area contributed by atoms with Crippen LogP contribution in [0.4, 0.5) is 4.39 Å². The van der Waals surface area contributed by atoms with E-state index in [1.54, 1.807) is 0 Å². The van der Waals surface area contributed by atoms with Crippen LogP contribution >= 0.6 is 11.8 Å². The normalized spacial score (nSPS) is 32.6. The number of Topliss-reactive ketones (excluding diaryl/α,β-unsaturated/α-hetero) is 1. The van der Waals surface area contributed by atoms with Gasteiger partial charge in [-0.15, -0.1) is 10.2 Å². The van der Waals surface area contributed by atoms with Crippen molar-refractivity contribution in [3.63, 3.8) is 0 Å². The lowest BCUT2D eigenvalue weighted by Crippen LogP contribution is -2.48. The quantitative estimate of drug-likeness (QED) is 0.532. The Bertz CT molecular complexity index is 828. The fourth-order valence-corrected chi connectivity index (χ4v) is 6.66. The molecule has 1 heterocycles. The first-order chi connectivity index (χ1) is 13.0. The third-order valence-electron chi connectivity index (χ3n) is 6.67. The maximum atomic E-state index is 13.1. The molecule has 0 unspecified atom stereocenters. The van der Waals surface area contributed by atoms with Gasteiger partial charge in [-0.3, -0.25) is 4.79 Å². The van der Waals surface area contributed by atoms with Gasteiger partial charge in [0.1, 0.15) is 5.82 Å². The van der Waals surface area contributed by atoms with E-state index in [9.17, 15) is 9.18 Å². The van der Waals surface area contributed by atoms with Gasteiger partial charge in [-0.25, -0.2) is 4.39 Å². The summed E-state index contributed by atoms with van der Waals surface area (Å²) < 4.78 is 19.1. The van der Waals surface area contributed by atoms with Gasteiger partial charge >= 0.3 is 0 Å². The topological polar surface area (TPSA) is 56.0 Å².